The first-order chi connectivity index (χ1) is 11.7. The van der Waals surface area contributed by atoms with E-state index >= 15 is 0 Å². The van der Waals surface area contributed by atoms with E-state index < -0.39 is 0 Å². The highest BCUT2D eigenvalue weighted by molar-refractivity contribution is 6.30. The van der Waals surface area contributed by atoms with Crippen LogP contribution in [0.2, 0.25) is 5.02 Å². The summed E-state index contributed by atoms with van der Waals surface area (Å²) in [6.45, 7) is 0.686. The molecule has 6 heteroatoms. The van der Waals surface area contributed by atoms with Crippen molar-refractivity contribution >= 4 is 23.7 Å². The first-order valence-corrected chi connectivity index (χ1v) is 7.74. The van der Waals surface area contributed by atoms with Crippen LogP contribution in [0.1, 0.15) is 21.5 Å². The summed E-state index contributed by atoms with van der Waals surface area (Å²) in [5, 5.41) is 8.81. The molecule has 1 amide bonds. The third kappa shape index (κ3) is 4.30. The van der Waals surface area contributed by atoms with Gasteiger partial charge in [-0.1, -0.05) is 41.9 Å². The van der Waals surface area contributed by atoms with Gasteiger partial charge in [0, 0.05) is 22.3 Å². The number of hydrazone groups is 1. The second kappa shape index (κ2) is 7.57. The van der Waals surface area contributed by atoms with Crippen molar-refractivity contribution in [2.45, 2.75) is 6.54 Å². The third-order valence-electron chi connectivity index (χ3n) is 3.33. The van der Waals surface area contributed by atoms with Gasteiger partial charge in [-0.25, -0.2) is 5.43 Å². The Hall–Kier alpha value is -2.92. The van der Waals surface area contributed by atoms with Crippen LogP contribution in [0.5, 0.6) is 0 Å². The van der Waals surface area contributed by atoms with Crippen LogP contribution in [0.15, 0.2) is 72.1 Å². The van der Waals surface area contributed by atoms with Crippen LogP contribution >= 0.6 is 11.6 Å². The summed E-state index contributed by atoms with van der Waals surface area (Å²) in [4.78, 5) is 11.9. The van der Waals surface area contributed by atoms with Crippen LogP contribution in [-0.2, 0) is 6.54 Å². The number of halogens is 1. The van der Waals surface area contributed by atoms with Crippen LogP contribution in [0.3, 0.4) is 0 Å². The zero-order valence-electron chi connectivity index (χ0n) is 12.8. The van der Waals surface area contributed by atoms with E-state index in [1.54, 1.807) is 36.7 Å². The van der Waals surface area contributed by atoms with E-state index in [2.05, 4.69) is 15.6 Å². The minimum Gasteiger partial charge on any atom is -0.268 e. The number of nitrogens with zero attached hydrogens (tertiary/aromatic N) is 3. The largest absolute Gasteiger partial charge is 0.271 e. The molecule has 24 heavy (non-hydrogen) atoms. The molecule has 0 bridgehead atoms. The van der Waals surface area contributed by atoms with Gasteiger partial charge in [-0.2, -0.15) is 10.2 Å². The van der Waals surface area contributed by atoms with E-state index in [0.717, 1.165) is 5.56 Å². The quantitative estimate of drug-likeness (QED) is 0.573. The highest BCUT2D eigenvalue weighted by Crippen LogP contribution is 2.09. The molecule has 0 unspecified atom stereocenters. The molecule has 120 valence electrons. The van der Waals surface area contributed by atoms with Gasteiger partial charge in [-0.15, -0.1) is 0 Å². The second-order valence-electron chi connectivity index (χ2n) is 5.16. The van der Waals surface area contributed by atoms with Crippen molar-refractivity contribution in [3.05, 3.63) is 88.7 Å². The number of benzene rings is 2. The predicted molar refractivity (Wildman–Crippen MR) is 94.3 cm³/mol. The SMILES string of the molecule is O=C(N/N=C\c1cnn(Cc2ccccc2)c1)c1ccc(Cl)cc1. The number of carbonyl (C=O) groups excluding carboxylic acids is 1. The van der Waals surface area contributed by atoms with Crippen molar-refractivity contribution in [2.75, 3.05) is 0 Å². The summed E-state index contributed by atoms with van der Waals surface area (Å²) >= 11 is 5.79. The van der Waals surface area contributed by atoms with Crippen LogP contribution in [-0.4, -0.2) is 21.9 Å². The number of aromatic nitrogens is 2. The molecule has 1 aromatic heterocycles. The summed E-state index contributed by atoms with van der Waals surface area (Å²) in [7, 11) is 0. The first-order valence-electron chi connectivity index (χ1n) is 7.36. The lowest BCUT2D eigenvalue weighted by Gasteiger charge is -2.00. The van der Waals surface area contributed by atoms with E-state index in [0.29, 0.717) is 17.1 Å². The summed E-state index contributed by atoms with van der Waals surface area (Å²) in [5.41, 5.74) is 4.95. The van der Waals surface area contributed by atoms with Gasteiger partial charge < -0.3 is 0 Å². The van der Waals surface area contributed by atoms with E-state index in [1.807, 2.05) is 41.2 Å². The van der Waals surface area contributed by atoms with Gasteiger partial charge in [0.25, 0.3) is 5.91 Å². The Morgan fingerprint density at radius 1 is 1.17 bits per heavy atom. The van der Waals surface area contributed by atoms with Gasteiger partial charge >= 0.3 is 0 Å². The van der Waals surface area contributed by atoms with Crippen LogP contribution < -0.4 is 5.43 Å². The van der Waals surface area contributed by atoms with E-state index in [1.165, 1.54) is 5.56 Å². The normalized spacial score (nSPS) is 10.9. The molecule has 3 aromatic rings. The fourth-order valence-corrected chi connectivity index (χ4v) is 2.26. The molecule has 1 N–H and O–H groups in total. The Kier molecular flexibility index (Phi) is 5.03. The van der Waals surface area contributed by atoms with Crippen molar-refractivity contribution in [3.63, 3.8) is 0 Å². The van der Waals surface area contributed by atoms with Gasteiger partial charge in [0.05, 0.1) is 19.0 Å². The molecule has 1 heterocycles. The Balaban J connectivity index is 1.57. The molecule has 0 saturated heterocycles. The van der Waals surface area contributed by atoms with Crippen molar-refractivity contribution in [2.24, 2.45) is 5.10 Å². The molecule has 0 radical (unpaired) electrons. The monoisotopic (exact) mass is 338 g/mol. The Morgan fingerprint density at radius 3 is 2.67 bits per heavy atom. The zero-order chi connectivity index (χ0) is 16.8. The lowest BCUT2D eigenvalue weighted by Crippen LogP contribution is -2.17. The minimum atomic E-state index is -0.292. The number of rotatable bonds is 5. The summed E-state index contributed by atoms with van der Waals surface area (Å²) in [6.07, 6.45) is 5.12. The maximum Gasteiger partial charge on any atom is 0.271 e. The van der Waals surface area contributed by atoms with Gasteiger partial charge in [0.15, 0.2) is 0 Å². The molecule has 2 aromatic carbocycles. The average Bonchev–Trinajstić information content (AvgIpc) is 3.03. The van der Waals surface area contributed by atoms with Crippen molar-refractivity contribution in [1.29, 1.82) is 0 Å². The van der Waals surface area contributed by atoms with Crippen molar-refractivity contribution < 1.29 is 4.79 Å². The molecule has 0 fully saturated rings. The topological polar surface area (TPSA) is 59.3 Å². The van der Waals surface area contributed by atoms with Gasteiger partial charge in [-0.3, -0.25) is 9.48 Å². The average molecular weight is 339 g/mol. The summed E-state index contributed by atoms with van der Waals surface area (Å²) < 4.78 is 1.82. The van der Waals surface area contributed by atoms with Crippen LogP contribution in [0.25, 0.3) is 0 Å². The number of carbonyl (C=O) groups is 1. The Morgan fingerprint density at radius 2 is 1.92 bits per heavy atom. The number of amides is 1. The molecule has 0 atom stereocenters. The van der Waals surface area contributed by atoms with Gasteiger partial charge in [-0.05, 0) is 29.8 Å². The Bertz CT molecular complexity index is 841. The number of nitrogens with one attached hydrogen (secondary N) is 1. The molecule has 0 aliphatic carbocycles. The van der Waals surface area contributed by atoms with Crippen molar-refractivity contribution in [1.82, 2.24) is 15.2 Å². The molecule has 0 aliphatic rings. The maximum absolute atomic E-state index is 11.9. The standard InChI is InChI=1S/C18H15ClN4O/c19-17-8-6-16(7-9-17)18(24)22-20-10-15-11-21-23(13-15)12-14-4-2-1-3-5-14/h1-11,13H,12H2,(H,22,24)/b20-10-. The lowest BCUT2D eigenvalue weighted by molar-refractivity contribution is 0.0955. The fraction of sp³-hybridized carbons (Fsp3) is 0.0556. The Labute approximate surface area is 144 Å². The predicted octanol–water partition coefficient (Wildman–Crippen LogP) is 3.35. The molecular formula is C18H15ClN4O. The zero-order valence-corrected chi connectivity index (χ0v) is 13.5. The van der Waals surface area contributed by atoms with Crippen LogP contribution in [0, 0.1) is 0 Å². The van der Waals surface area contributed by atoms with E-state index in [9.17, 15) is 4.79 Å². The molecule has 0 spiro atoms. The van der Waals surface area contributed by atoms with Gasteiger partial charge in [0.2, 0.25) is 0 Å². The first kappa shape index (κ1) is 16.0. The summed E-state index contributed by atoms with van der Waals surface area (Å²) in [6, 6.07) is 16.7. The molecule has 0 aliphatic heterocycles. The molecule has 0 saturated carbocycles. The smallest absolute Gasteiger partial charge is 0.268 e. The fourth-order valence-electron chi connectivity index (χ4n) is 2.13. The van der Waals surface area contributed by atoms with E-state index in [4.69, 9.17) is 11.6 Å². The number of hydrogen-bond acceptors (Lipinski definition) is 3. The van der Waals surface area contributed by atoms with E-state index in [-0.39, 0.29) is 5.91 Å². The molecule has 3 rings (SSSR count). The third-order valence-corrected chi connectivity index (χ3v) is 3.58. The second-order valence-corrected chi connectivity index (χ2v) is 5.60. The highest BCUT2D eigenvalue weighted by Gasteiger charge is 2.03. The summed E-state index contributed by atoms with van der Waals surface area (Å²) in [5.74, 6) is -0.292. The van der Waals surface area contributed by atoms with Crippen LogP contribution in [0.4, 0.5) is 0 Å². The minimum absolute atomic E-state index is 0.292. The molecular weight excluding hydrogens is 324 g/mol. The number of hydrogen-bond donors (Lipinski definition) is 1. The maximum atomic E-state index is 11.9. The molecule has 5 nitrogen and oxygen atoms in total. The van der Waals surface area contributed by atoms with Gasteiger partial charge in [0.1, 0.15) is 0 Å². The van der Waals surface area contributed by atoms with Crippen molar-refractivity contribution in [3.8, 4) is 0 Å². The lowest BCUT2D eigenvalue weighted by atomic mass is 10.2. The highest BCUT2D eigenvalue weighted by atomic mass is 35.5.